The zero-order valence-electron chi connectivity index (χ0n) is 8.03. The highest BCUT2D eigenvalue weighted by Gasteiger charge is 2.14. The van der Waals surface area contributed by atoms with Gasteiger partial charge in [-0.05, 0) is 6.92 Å². The Morgan fingerprint density at radius 2 is 2.43 bits per heavy atom. The smallest absolute Gasteiger partial charge is 0.216 e. The van der Waals surface area contributed by atoms with Gasteiger partial charge in [0.2, 0.25) is 5.88 Å². The summed E-state index contributed by atoms with van der Waals surface area (Å²) in [5, 5.41) is 17.6. The van der Waals surface area contributed by atoms with Gasteiger partial charge in [-0.2, -0.15) is 5.26 Å². The first-order valence-corrected chi connectivity index (χ1v) is 4.38. The highest BCUT2D eigenvalue weighted by atomic mass is 16.4. The predicted molar refractivity (Wildman–Crippen MR) is 52.8 cm³/mol. The van der Waals surface area contributed by atoms with Crippen LogP contribution in [0.5, 0.6) is 0 Å². The van der Waals surface area contributed by atoms with Gasteiger partial charge in [-0.15, -0.1) is 0 Å². The summed E-state index contributed by atoms with van der Waals surface area (Å²) < 4.78 is 5.18. The summed E-state index contributed by atoms with van der Waals surface area (Å²) >= 11 is 0. The lowest BCUT2D eigenvalue weighted by atomic mass is 10.3. The van der Waals surface area contributed by atoms with E-state index in [1.807, 2.05) is 13.0 Å². The molecule has 1 heterocycles. The number of rotatable bonds is 4. The minimum atomic E-state index is 0.0132. The number of furan rings is 1. The van der Waals surface area contributed by atoms with Crippen molar-refractivity contribution in [1.29, 1.82) is 5.26 Å². The molecule has 1 aromatic heterocycles. The van der Waals surface area contributed by atoms with E-state index in [0.717, 1.165) is 0 Å². The van der Waals surface area contributed by atoms with Crippen molar-refractivity contribution in [2.45, 2.75) is 6.92 Å². The van der Waals surface area contributed by atoms with E-state index in [1.165, 1.54) is 6.07 Å². The van der Waals surface area contributed by atoms with Crippen molar-refractivity contribution in [3.63, 3.8) is 0 Å². The number of nitriles is 1. The molecule has 0 aliphatic carbocycles. The Morgan fingerprint density at radius 3 is 2.93 bits per heavy atom. The van der Waals surface area contributed by atoms with E-state index < -0.39 is 0 Å². The van der Waals surface area contributed by atoms with Crippen molar-refractivity contribution in [2.24, 2.45) is 0 Å². The largest absolute Gasteiger partial charge is 0.424 e. The SMILES string of the molecule is CCN(CCO)c1oc(N)cc1C#N. The van der Waals surface area contributed by atoms with Crippen molar-refractivity contribution in [2.75, 3.05) is 30.3 Å². The van der Waals surface area contributed by atoms with Crippen LogP contribution in [0.3, 0.4) is 0 Å². The van der Waals surface area contributed by atoms with Gasteiger partial charge in [0.05, 0.1) is 6.61 Å². The molecule has 0 spiro atoms. The number of nitrogen functional groups attached to an aromatic ring is 1. The maximum Gasteiger partial charge on any atom is 0.216 e. The summed E-state index contributed by atoms with van der Waals surface area (Å²) in [5.41, 5.74) is 5.84. The molecule has 0 fully saturated rings. The van der Waals surface area contributed by atoms with Crippen molar-refractivity contribution in [3.05, 3.63) is 11.6 Å². The van der Waals surface area contributed by atoms with Crippen LogP contribution in [0.25, 0.3) is 0 Å². The molecule has 0 bridgehead atoms. The molecule has 0 unspecified atom stereocenters. The predicted octanol–water partition coefficient (Wildman–Crippen LogP) is 0.552. The Morgan fingerprint density at radius 1 is 1.71 bits per heavy atom. The van der Waals surface area contributed by atoms with Gasteiger partial charge in [0.25, 0.3) is 0 Å². The Kier molecular flexibility index (Phi) is 3.37. The van der Waals surface area contributed by atoms with E-state index in [0.29, 0.717) is 24.5 Å². The fourth-order valence-corrected chi connectivity index (χ4v) is 1.24. The number of likely N-dealkylation sites (N-methyl/N-ethyl adjacent to an activating group) is 1. The Labute approximate surface area is 82.3 Å². The second-order valence-electron chi connectivity index (χ2n) is 2.78. The molecule has 5 nitrogen and oxygen atoms in total. The fourth-order valence-electron chi connectivity index (χ4n) is 1.24. The van der Waals surface area contributed by atoms with Crippen molar-refractivity contribution < 1.29 is 9.52 Å². The fraction of sp³-hybridized carbons (Fsp3) is 0.444. The first kappa shape index (κ1) is 10.4. The number of nitrogens with two attached hydrogens (primary N) is 1. The molecule has 76 valence electrons. The van der Waals surface area contributed by atoms with Crippen LogP contribution >= 0.6 is 0 Å². The van der Waals surface area contributed by atoms with Gasteiger partial charge < -0.3 is 20.2 Å². The topological polar surface area (TPSA) is 86.4 Å². The van der Waals surface area contributed by atoms with Crippen LogP contribution in [0.1, 0.15) is 12.5 Å². The lowest BCUT2D eigenvalue weighted by molar-refractivity contribution is 0.300. The number of hydrogen-bond donors (Lipinski definition) is 2. The van der Waals surface area contributed by atoms with Gasteiger partial charge in [0.15, 0.2) is 5.88 Å². The summed E-state index contributed by atoms with van der Waals surface area (Å²) in [4.78, 5) is 1.76. The van der Waals surface area contributed by atoms with Crippen LogP contribution in [0, 0.1) is 11.3 Å². The second-order valence-corrected chi connectivity index (χ2v) is 2.78. The van der Waals surface area contributed by atoms with E-state index in [1.54, 1.807) is 4.90 Å². The monoisotopic (exact) mass is 195 g/mol. The molecule has 0 saturated carbocycles. The molecule has 5 heteroatoms. The highest BCUT2D eigenvalue weighted by Crippen LogP contribution is 2.25. The normalized spacial score (nSPS) is 9.79. The average molecular weight is 195 g/mol. The summed E-state index contributed by atoms with van der Waals surface area (Å²) in [6.07, 6.45) is 0. The van der Waals surface area contributed by atoms with Crippen LogP contribution in [-0.4, -0.2) is 24.8 Å². The molecule has 3 N–H and O–H groups in total. The van der Waals surface area contributed by atoms with E-state index in [-0.39, 0.29) is 12.5 Å². The molecular weight excluding hydrogens is 182 g/mol. The minimum Gasteiger partial charge on any atom is -0.424 e. The molecule has 1 aromatic rings. The minimum absolute atomic E-state index is 0.0132. The molecule has 0 amide bonds. The van der Waals surface area contributed by atoms with Crippen LogP contribution in [0.4, 0.5) is 11.8 Å². The molecular formula is C9H13N3O2. The number of aliphatic hydroxyl groups is 1. The molecule has 14 heavy (non-hydrogen) atoms. The van der Waals surface area contributed by atoms with Gasteiger partial charge >= 0.3 is 0 Å². The van der Waals surface area contributed by atoms with E-state index in [9.17, 15) is 0 Å². The first-order valence-electron chi connectivity index (χ1n) is 4.38. The van der Waals surface area contributed by atoms with Crippen LogP contribution in [0.15, 0.2) is 10.5 Å². The molecule has 1 rings (SSSR count). The molecule has 0 aliphatic rings. The van der Waals surface area contributed by atoms with E-state index in [4.69, 9.17) is 20.5 Å². The van der Waals surface area contributed by atoms with Crippen LogP contribution < -0.4 is 10.6 Å². The maximum atomic E-state index is 8.80. The zero-order valence-corrected chi connectivity index (χ0v) is 8.03. The van der Waals surface area contributed by atoms with Crippen molar-refractivity contribution in [1.82, 2.24) is 0 Å². The Hall–Kier alpha value is -1.67. The number of aliphatic hydroxyl groups excluding tert-OH is 1. The number of anilines is 2. The molecule has 0 saturated heterocycles. The summed E-state index contributed by atoms with van der Waals surface area (Å²) in [5.74, 6) is 0.648. The Balaban J connectivity index is 2.97. The lowest BCUT2D eigenvalue weighted by Crippen LogP contribution is -2.26. The number of hydrogen-bond acceptors (Lipinski definition) is 5. The maximum absolute atomic E-state index is 8.80. The summed E-state index contributed by atoms with van der Waals surface area (Å²) in [7, 11) is 0. The van der Waals surface area contributed by atoms with E-state index in [2.05, 4.69) is 0 Å². The van der Waals surface area contributed by atoms with Crippen LogP contribution in [0.2, 0.25) is 0 Å². The van der Waals surface area contributed by atoms with Gasteiger partial charge in [-0.3, -0.25) is 0 Å². The summed E-state index contributed by atoms with van der Waals surface area (Å²) in [6.45, 7) is 3.01. The van der Waals surface area contributed by atoms with Gasteiger partial charge in [0.1, 0.15) is 11.6 Å². The third-order valence-corrected chi connectivity index (χ3v) is 1.89. The molecule has 0 aliphatic heterocycles. The lowest BCUT2D eigenvalue weighted by Gasteiger charge is -2.18. The first-order chi connectivity index (χ1) is 6.72. The Bertz CT molecular complexity index is 340. The van der Waals surface area contributed by atoms with Crippen molar-refractivity contribution in [3.8, 4) is 6.07 Å². The quantitative estimate of drug-likeness (QED) is 0.732. The zero-order chi connectivity index (χ0) is 10.6. The second kappa shape index (κ2) is 4.53. The number of nitrogens with zero attached hydrogens (tertiary/aromatic N) is 2. The molecule has 0 atom stereocenters. The van der Waals surface area contributed by atoms with Gasteiger partial charge in [-0.1, -0.05) is 0 Å². The average Bonchev–Trinajstić information content (AvgIpc) is 2.55. The third-order valence-electron chi connectivity index (χ3n) is 1.89. The van der Waals surface area contributed by atoms with Crippen molar-refractivity contribution >= 4 is 11.8 Å². The standard InChI is InChI=1S/C9H13N3O2/c1-2-12(3-4-13)9-7(6-10)5-8(11)14-9/h5,13H,2-4,11H2,1H3. The third kappa shape index (κ3) is 1.98. The van der Waals surface area contributed by atoms with Gasteiger partial charge in [0, 0.05) is 19.2 Å². The summed E-state index contributed by atoms with van der Waals surface area (Å²) in [6, 6.07) is 3.47. The van der Waals surface area contributed by atoms with E-state index >= 15 is 0 Å². The van der Waals surface area contributed by atoms with Gasteiger partial charge in [-0.25, -0.2) is 0 Å². The molecule has 0 radical (unpaired) electrons. The van der Waals surface area contributed by atoms with Crippen LogP contribution in [-0.2, 0) is 0 Å². The molecule has 0 aromatic carbocycles. The highest BCUT2D eigenvalue weighted by molar-refractivity contribution is 5.57.